The van der Waals surface area contributed by atoms with Gasteiger partial charge in [0.25, 0.3) is 0 Å². The summed E-state index contributed by atoms with van der Waals surface area (Å²) in [6.07, 6.45) is 3.28. The Morgan fingerprint density at radius 3 is 2.74 bits per heavy atom. The molecule has 2 aromatic rings. The van der Waals surface area contributed by atoms with E-state index in [1.165, 1.54) is 0 Å². The number of rotatable bonds is 5. The van der Waals surface area contributed by atoms with Gasteiger partial charge in [-0.1, -0.05) is 13.8 Å². The van der Waals surface area contributed by atoms with Crippen LogP contribution in [0.4, 0.5) is 11.6 Å². The highest BCUT2D eigenvalue weighted by atomic mass is 16.3. The largest absolute Gasteiger partial charge is 0.467 e. The normalized spacial score (nSPS) is 10.8. The van der Waals surface area contributed by atoms with E-state index in [0.29, 0.717) is 12.5 Å². The van der Waals surface area contributed by atoms with Crippen molar-refractivity contribution >= 4 is 11.6 Å². The molecule has 1 N–H and O–H groups in total. The van der Waals surface area contributed by atoms with Gasteiger partial charge in [-0.15, -0.1) is 0 Å². The minimum absolute atomic E-state index is 0.345. The molecule has 0 aliphatic rings. The molecule has 102 valence electrons. The first-order valence-electron chi connectivity index (χ1n) is 6.39. The van der Waals surface area contributed by atoms with Crippen LogP contribution in [0.3, 0.4) is 0 Å². The van der Waals surface area contributed by atoms with Crippen LogP contribution in [0.5, 0.6) is 0 Å². The van der Waals surface area contributed by atoms with Gasteiger partial charge in [0.1, 0.15) is 23.7 Å². The van der Waals surface area contributed by atoms with Gasteiger partial charge in [0.15, 0.2) is 0 Å². The lowest BCUT2D eigenvalue weighted by Crippen LogP contribution is -2.20. The Morgan fingerprint density at radius 1 is 1.37 bits per heavy atom. The van der Waals surface area contributed by atoms with E-state index in [0.717, 1.165) is 23.0 Å². The molecule has 0 radical (unpaired) electrons. The topological polar surface area (TPSA) is 54.2 Å². The third-order valence-electron chi connectivity index (χ3n) is 3.01. The van der Waals surface area contributed by atoms with Crippen molar-refractivity contribution in [1.29, 1.82) is 0 Å². The zero-order chi connectivity index (χ0) is 13.8. The molecule has 0 aliphatic carbocycles. The van der Waals surface area contributed by atoms with Gasteiger partial charge in [0, 0.05) is 19.7 Å². The predicted octanol–water partition coefficient (Wildman–Crippen LogP) is 2.87. The van der Waals surface area contributed by atoms with Gasteiger partial charge in [0.2, 0.25) is 0 Å². The van der Waals surface area contributed by atoms with Crippen molar-refractivity contribution in [2.75, 3.05) is 24.3 Å². The van der Waals surface area contributed by atoms with Crippen molar-refractivity contribution < 1.29 is 4.42 Å². The Kier molecular flexibility index (Phi) is 4.04. The van der Waals surface area contributed by atoms with E-state index in [1.807, 2.05) is 26.2 Å². The molecular formula is C14H20N4O. The maximum Gasteiger partial charge on any atom is 0.137 e. The van der Waals surface area contributed by atoms with E-state index < -0.39 is 0 Å². The number of aromatic nitrogens is 2. The summed E-state index contributed by atoms with van der Waals surface area (Å²) in [6, 6.07) is 3.86. The molecule has 0 fully saturated rings. The summed E-state index contributed by atoms with van der Waals surface area (Å²) in [5.41, 5.74) is 1.12. The molecule has 5 nitrogen and oxygen atoms in total. The van der Waals surface area contributed by atoms with Crippen LogP contribution in [-0.4, -0.2) is 24.1 Å². The highest BCUT2D eigenvalue weighted by Gasteiger charge is 2.17. The number of hydrogen-bond donors (Lipinski definition) is 1. The molecule has 19 heavy (non-hydrogen) atoms. The van der Waals surface area contributed by atoms with Gasteiger partial charge < -0.3 is 14.6 Å². The van der Waals surface area contributed by atoms with Crippen LogP contribution in [0.1, 0.15) is 31.1 Å². The molecule has 0 aliphatic heterocycles. The highest BCUT2D eigenvalue weighted by molar-refractivity contribution is 5.59. The Hall–Kier alpha value is -2.04. The molecule has 2 rings (SSSR count). The molecule has 2 heterocycles. The predicted molar refractivity (Wildman–Crippen MR) is 76.5 cm³/mol. The average Bonchev–Trinajstić information content (AvgIpc) is 2.90. The standard InChI is InChI=1S/C14H20N4O/c1-10(2)12-13(15-3)16-9-17-14(12)18(4)8-11-6-5-7-19-11/h5-7,9-10H,8H2,1-4H3,(H,15,16,17). The van der Waals surface area contributed by atoms with Crippen molar-refractivity contribution in [3.63, 3.8) is 0 Å². The minimum atomic E-state index is 0.345. The van der Waals surface area contributed by atoms with Gasteiger partial charge in [-0.25, -0.2) is 9.97 Å². The van der Waals surface area contributed by atoms with Crippen molar-refractivity contribution in [1.82, 2.24) is 9.97 Å². The van der Waals surface area contributed by atoms with Gasteiger partial charge >= 0.3 is 0 Å². The number of anilines is 2. The van der Waals surface area contributed by atoms with E-state index in [1.54, 1.807) is 12.6 Å². The zero-order valence-corrected chi connectivity index (χ0v) is 11.8. The van der Waals surface area contributed by atoms with Crippen molar-refractivity contribution in [2.24, 2.45) is 0 Å². The van der Waals surface area contributed by atoms with Crippen molar-refractivity contribution in [2.45, 2.75) is 26.3 Å². The fourth-order valence-electron chi connectivity index (χ4n) is 2.13. The summed E-state index contributed by atoms with van der Waals surface area (Å²) in [4.78, 5) is 10.8. The van der Waals surface area contributed by atoms with Gasteiger partial charge in [-0.05, 0) is 18.1 Å². The van der Waals surface area contributed by atoms with E-state index in [2.05, 4.69) is 34.0 Å². The first-order chi connectivity index (χ1) is 9.13. The molecular weight excluding hydrogens is 240 g/mol. The lowest BCUT2D eigenvalue weighted by Gasteiger charge is -2.23. The van der Waals surface area contributed by atoms with Crippen LogP contribution in [0.15, 0.2) is 29.1 Å². The molecule has 5 heteroatoms. The number of nitrogens with one attached hydrogen (secondary N) is 1. The van der Waals surface area contributed by atoms with Gasteiger partial charge in [-0.3, -0.25) is 0 Å². The summed E-state index contributed by atoms with van der Waals surface area (Å²) < 4.78 is 5.38. The summed E-state index contributed by atoms with van der Waals surface area (Å²) in [6.45, 7) is 4.97. The first-order valence-corrected chi connectivity index (χ1v) is 6.39. The third kappa shape index (κ3) is 2.86. The Bertz CT molecular complexity index is 522. The Morgan fingerprint density at radius 2 is 2.16 bits per heavy atom. The Balaban J connectivity index is 2.32. The van der Waals surface area contributed by atoms with Crippen LogP contribution in [-0.2, 0) is 6.54 Å². The SMILES string of the molecule is CNc1ncnc(N(C)Cc2ccco2)c1C(C)C. The summed E-state index contributed by atoms with van der Waals surface area (Å²) in [7, 11) is 3.89. The average molecular weight is 260 g/mol. The molecule has 0 saturated heterocycles. The molecule has 0 spiro atoms. The number of nitrogens with zero attached hydrogens (tertiary/aromatic N) is 3. The second kappa shape index (κ2) is 5.73. The van der Waals surface area contributed by atoms with E-state index in [9.17, 15) is 0 Å². The lowest BCUT2D eigenvalue weighted by atomic mass is 10.0. The summed E-state index contributed by atoms with van der Waals surface area (Å²) in [5, 5.41) is 3.13. The van der Waals surface area contributed by atoms with Crippen molar-refractivity contribution in [3.05, 3.63) is 36.0 Å². The van der Waals surface area contributed by atoms with Crippen LogP contribution >= 0.6 is 0 Å². The maximum absolute atomic E-state index is 5.38. The summed E-state index contributed by atoms with van der Waals surface area (Å²) in [5.74, 6) is 3.08. The van der Waals surface area contributed by atoms with Crippen LogP contribution in [0.25, 0.3) is 0 Å². The monoisotopic (exact) mass is 260 g/mol. The third-order valence-corrected chi connectivity index (χ3v) is 3.01. The quantitative estimate of drug-likeness (QED) is 0.895. The minimum Gasteiger partial charge on any atom is -0.467 e. The summed E-state index contributed by atoms with van der Waals surface area (Å²) >= 11 is 0. The van der Waals surface area contributed by atoms with E-state index in [-0.39, 0.29) is 0 Å². The fraction of sp³-hybridized carbons (Fsp3) is 0.429. The van der Waals surface area contributed by atoms with Crippen molar-refractivity contribution in [3.8, 4) is 0 Å². The second-order valence-corrected chi connectivity index (χ2v) is 4.80. The molecule has 0 saturated carbocycles. The molecule has 0 bridgehead atoms. The van der Waals surface area contributed by atoms with Crippen LogP contribution in [0.2, 0.25) is 0 Å². The zero-order valence-electron chi connectivity index (χ0n) is 11.8. The van der Waals surface area contributed by atoms with Gasteiger partial charge in [-0.2, -0.15) is 0 Å². The number of furan rings is 1. The first kappa shape index (κ1) is 13.4. The lowest BCUT2D eigenvalue weighted by molar-refractivity contribution is 0.506. The van der Waals surface area contributed by atoms with E-state index >= 15 is 0 Å². The number of hydrogen-bond acceptors (Lipinski definition) is 5. The molecule has 0 unspecified atom stereocenters. The smallest absolute Gasteiger partial charge is 0.137 e. The molecule has 0 atom stereocenters. The van der Waals surface area contributed by atoms with Gasteiger partial charge in [0.05, 0.1) is 12.8 Å². The molecule has 0 aromatic carbocycles. The second-order valence-electron chi connectivity index (χ2n) is 4.80. The highest BCUT2D eigenvalue weighted by Crippen LogP contribution is 2.30. The molecule has 2 aromatic heterocycles. The van der Waals surface area contributed by atoms with Crippen LogP contribution in [0, 0.1) is 0 Å². The molecule has 0 amide bonds. The maximum atomic E-state index is 5.38. The fourth-order valence-corrected chi connectivity index (χ4v) is 2.13. The Labute approximate surface area is 113 Å². The van der Waals surface area contributed by atoms with Crippen LogP contribution < -0.4 is 10.2 Å². The van der Waals surface area contributed by atoms with E-state index in [4.69, 9.17) is 4.42 Å².